The first-order chi connectivity index (χ1) is 26.3. The van der Waals surface area contributed by atoms with Crippen molar-refractivity contribution in [2.75, 3.05) is 0 Å². The average molecular weight is 689 g/mol. The van der Waals surface area contributed by atoms with Gasteiger partial charge in [0.2, 0.25) is 0 Å². The van der Waals surface area contributed by atoms with Gasteiger partial charge in [0.25, 0.3) is 0 Å². The lowest BCUT2D eigenvalue weighted by molar-refractivity contribution is 1.59. The molecule has 0 N–H and O–H groups in total. The molecule has 1 heterocycles. The van der Waals surface area contributed by atoms with Crippen molar-refractivity contribution in [3.8, 4) is 44.5 Å². The smallest absolute Gasteiger partial charge is 0.0362 e. The van der Waals surface area contributed by atoms with E-state index in [1.165, 1.54) is 108 Å². The van der Waals surface area contributed by atoms with Gasteiger partial charge in [-0.15, -0.1) is 11.3 Å². The lowest BCUT2D eigenvalue weighted by Crippen LogP contribution is -1.91. The number of thiophene rings is 1. The van der Waals surface area contributed by atoms with Crippen LogP contribution in [0.3, 0.4) is 0 Å². The van der Waals surface area contributed by atoms with Crippen LogP contribution in [-0.2, 0) is 0 Å². The summed E-state index contributed by atoms with van der Waals surface area (Å²) in [6.07, 6.45) is 0. The Hall–Kier alpha value is -6.54. The molecule has 0 aliphatic heterocycles. The highest BCUT2D eigenvalue weighted by Crippen LogP contribution is 2.48. The summed E-state index contributed by atoms with van der Waals surface area (Å²) in [5, 5.41) is 12.9. The summed E-state index contributed by atoms with van der Waals surface area (Å²) in [5.74, 6) is 0. The molecule has 0 unspecified atom stereocenters. The van der Waals surface area contributed by atoms with Gasteiger partial charge in [0.1, 0.15) is 0 Å². The van der Waals surface area contributed by atoms with Gasteiger partial charge in [0, 0.05) is 20.2 Å². The van der Waals surface area contributed by atoms with Crippen LogP contribution >= 0.6 is 11.3 Å². The molecule has 1 aromatic heterocycles. The second kappa shape index (κ2) is 12.0. The molecule has 11 rings (SSSR count). The third-order valence-electron chi connectivity index (χ3n) is 11.0. The molecule has 0 spiro atoms. The zero-order valence-electron chi connectivity index (χ0n) is 28.9. The van der Waals surface area contributed by atoms with Crippen molar-refractivity contribution >= 4 is 74.6 Å². The number of fused-ring (bicyclic) bond motifs is 7. The maximum atomic E-state index is 2.39. The van der Waals surface area contributed by atoms with E-state index in [9.17, 15) is 0 Å². The normalized spacial score (nSPS) is 11.8. The molecule has 11 aromatic rings. The Bertz CT molecular complexity index is 3160. The van der Waals surface area contributed by atoms with Gasteiger partial charge in [0.15, 0.2) is 0 Å². The van der Waals surface area contributed by atoms with E-state index in [2.05, 4.69) is 194 Å². The van der Waals surface area contributed by atoms with Crippen molar-refractivity contribution in [3.05, 3.63) is 194 Å². The first-order valence-electron chi connectivity index (χ1n) is 18.3. The van der Waals surface area contributed by atoms with Crippen molar-refractivity contribution in [1.82, 2.24) is 0 Å². The standard InChI is InChI=1S/C52H32S/c1-2-13-36-30-39(29-24-33(36)12-1)41-17-6-5-16-40(41)34-25-27-35(28-26-34)50-42-18-7-9-20-44(42)51(45-21-10-8-19-43(45)50)46-22-11-23-48-52(46)47-31-37-14-3-4-15-38(37)32-49(47)53-48/h1-32H. The average Bonchev–Trinajstić information content (AvgIpc) is 3.59. The van der Waals surface area contributed by atoms with Crippen LogP contribution < -0.4 is 0 Å². The van der Waals surface area contributed by atoms with Crippen LogP contribution in [0.5, 0.6) is 0 Å². The highest BCUT2D eigenvalue weighted by atomic mass is 32.1. The predicted molar refractivity (Wildman–Crippen MR) is 231 cm³/mol. The summed E-state index contributed by atoms with van der Waals surface area (Å²) in [6, 6.07) is 71.7. The van der Waals surface area contributed by atoms with Gasteiger partial charge in [-0.2, -0.15) is 0 Å². The van der Waals surface area contributed by atoms with Crippen LogP contribution in [0.4, 0.5) is 0 Å². The third-order valence-corrected chi connectivity index (χ3v) is 12.2. The van der Waals surface area contributed by atoms with Crippen molar-refractivity contribution in [2.24, 2.45) is 0 Å². The van der Waals surface area contributed by atoms with Gasteiger partial charge in [-0.25, -0.2) is 0 Å². The second-order valence-corrected chi connectivity index (χ2v) is 15.1. The Morgan fingerprint density at radius 3 is 1.43 bits per heavy atom. The minimum Gasteiger partial charge on any atom is -0.135 e. The quantitative estimate of drug-likeness (QED) is 0.162. The van der Waals surface area contributed by atoms with E-state index in [-0.39, 0.29) is 0 Å². The van der Waals surface area contributed by atoms with Gasteiger partial charge >= 0.3 is 0 Å². The van der Waals surface area contributed by atoms with Gasteiger partial charge in [-0.1, -0.05) is 170 Å². The fraction of sp³-hybridized carbons (Fsp3) is 0. The van der Waals surface area contributed by atoms with Crippen LogP contribution in [0.25, 0.3) is 108 Å². The summed E-state index contributed by atoms with van der Waals surface area (Å²) in [5.41, 5.74) is 10.0. The summed E-state index contributed by atoms with van der Waals surface area (Å²) in [6.45, 7) is 0. The Balaban J connectivity index is 1.10. The number of rotatable bonds is 4. The van der Waals surface area contributed by atoms with E-state index in [0.717, 1.165) is 0 Å². The Labute approximate surface area is 311 Å². The van der Waals surface area contributed by atoms with Gasteiger partial charge in [0.05, 0.1) is 0 Å². The molecule has 0 aliphatic carbocycles. The first-order valence-corrected chi connectivity index (χ1v) is 19.1. The molecule has 10 aromatic carbocycles. The van der Waals surface area contributed by atoms with E-state index < -0.39 is 0 Å². The zero-order chi connectivity index (χ0) is 34.9. The predicted octanol–water partition coefficient (Wildman–Crippen LogP) is 15.3. The second-order valence-electron chi connectivity index (χ2n) is 14.0. The maximum absolute atomic E-state index is 2.39. The molecule has 0 bridgehead atoms. The number of hydrogen-bond acceptors (Lipinski definition) is 1. The van der Waals surface area contributed by atoms with Crippen molar-refractivity contribution in [2.45, 2.75) is 0 Å². The topological polar surface area (TPSA) is 0 Å². The van der Waals surface area contributed by atoms with Crippen molar-refractivity contribution in [3.63, 3.8) is 0 Å². The van der Waals surface area contributed by atoms with Crippen molar-refractivity contribution in [1.29, 1.82) is 0 Å². The van der Waals surface area contributed by atoms with Crippen LogP contribution in [-0.4, -0.2) is 0 Å². The maximum Gasteiger partial charge on any atom is 0.0362 e. The molecule has 0 saturated carbocycles. The van der Waals surface area contributed by atoms with E-state index in [4.69, 9.17) is 0 Å². The number of hydrogen-bond donors (Lipinski definition) is 0. The largest absolute Gasteiger partial charge is 0.135 e. The molecule has 0 atom stereocenters. The van der Waals surface area contributed by atoms with Crippen LogP contribution in [0.1, 0.15) is 0 Å². The molecule has 0 aliphatic rings. The first kappa shape index (κ1) is 30.1. The molecule has 0 radical (unpaired) electrons. The minimum absolute atomic E-state index is 1.21. The lowest BCUT2D eigenvalue weighted by atomic mass is 9.84. The minimum atomic E-state index is 1.21. The summed E-state index contributed by atoms with van der Waals surface area (Å²) >= 11 is 1.90. The van der Waals surface area contributed by atoms with E-state index in [0.29, 0.717) is 0 Å². The Morgan fingerprint density at radius 1 is 0.264 bits per heavy atom. The van der Waals surface area contributed by atoms with Crippen LogP contribution in [0.2, 0.25) is 0 Å². The Kier molecular flexibility index (Phi) is 6.83. The highest BCUT2D eigenvalue weighted by Gasteiger charge is 2.20. The molecule has 1 heteroatoms. The fourth-order valence-corrected chi connectivity index (χ4v) is 9.77. The molecular weight excluding hydrogens is 657 g/mol. The molecule has 0 amide bonds. The van der Waals surface area contributed by atoms with E-state index in [1.54, 1.807) is 0 Å². The van der Waals surface area contributed by atoms with Gasteiger partial charge < -0.3 is 0 Å². The molecule has 0 nitrogen and oxygen atoms in total. The van der Waals surface area contributed by atoms with Crippen LogP contribution in [0.15, 0.2) is 194 Å². The fourth-order valence-electron chi connectivity index (χ4n) is 8.61. The summed E-state index contributed by atoms with van der Waals surface area (Å²) in [4.78, 5) is 0. The monoisotopic (exact) mass is 688 g/mol. The molecule has 0 fully saturated rings. The van der Waals surface area contributed by atoms with Gasteiger partial charge in [-0.05, 0) is 112 Å². The SMILES string of the molecule is c1ccc(-c2ccc3ccccc3c2)c(-c2ccc(-c3c4ccccc4c(-c4cccc5sc6cc7ccccc7cc6c45)c4ccccc34)cc2)c1. The van der Waals surface area contributed by atoms with E-state index >= 15 is 0 Å². The Morgan fingerprint density at radius 2 is 0.755 bits per heavy atom. The summed E-state index contributed by atoms with van der Waals surface area (Å²) in [7, 11) is 0. The van der Waals surface area contributed by atoms with Crippen molar-refractivity contribution < 1.29 is 0 Å². The summed E-state index contributed by atoms with van der Waals surface area (Å²) < 4.78 is 2.66. The van der Waals surface area contributed by atoms with Gasteiger partial charge in [-0.3, -0.25) is 0 Å². The molecule has 53 heavy (non-hydrogen) atoms. The highest BCUT2D eigenvalue weighted by molar-refractivity contribution is 7.26. The molecule has 246 valence electrons. The third kappa shape index (κ3) is 4.82. The molecular formula is C52H32S. The van der Waals surface area contributed by atoms with Crippen LogP contribution in [0, 0.1) is 0 Å². The lowest BCUT2D eigenvalue weighted by Gasteiger charge is -2.19. The number of benzene rings is 10. The molecule has 0 saturated heterocycles. The zero-order valence-corrected chi connectivity index (χ0v) is 29.7. The van der Waals surface area contributed by atoms with E-state index in [1.807, 2.05) is 11.3 Å².